The molecule has 1 aromatic rings. The first kappa shape index (κ1) is 14.9. The van der Waals surface area contributed by atoms with E-state index in [4.69, 9.17) is 5.26 Å². The van der Waals surface area contributed by atoms with E-state index in [1.165, 1.54) is 0 Å². The first-order valence-electron chi connectivity index (χ1n) is 6.22. The summed E-state index contributed by atoms with van der Waals surface area (Å²) in [5.41, 5.74) is 0.966. The van der Waals surface area contributed by atoms with Crippen LogP contribution in [0.2, 0.25) is 0 Å². The van der Waals surface area contributed by atoms with Crippen LogP contribution in [0.15, 0.2) is 6.07 Å². The third-order valence-corrected chi connectivity index (χ3v) is 2.39. The Morgan fingerprint density at radius 1 is 1.42 bits per heavy atom. The molecule has 1 heterocycles. The number of amides is 1. The van der Waals surface area contributed by atoms with Gasteiger partial charge in [0.2, 0.25) is 11.9 Å². The lowest BCUT2D eigenvalue weighted by molar-refractivity contribution is -0.121. The molecule has 0 radical (unpaired) electrons. The zero-order valence-electron chi connectivity index (χ0n) is 11.7. The SMILES string of the molecule is Cc1cc(C#N)nc(NC(C)C(=O)NCC(C)C)n1. The van der Waals surface area contributed by atoms with Gasteiger partial charge in [-0.2, -0.15) is 5.26 Å². The number of aryl methyl sites for hydroxylation is 1. The standard InChI is InChI=1S/C13H19N5O/c1-8(2)7-15-12(19)10(4)17-13-16-9(3)5-11(6-14)18-13/h5,8,10H,7H2,1-4H3,(H,15,19)(H,16,17,18). The third-order valence-electron chi connectivity index (χ3n) is 2.39. The number of carbonyl (C=O) groups is 1. The molecule has 0 aliphatic carbocycles. The Kier molecular flexibility index (Phi) is 5.24. The molecule has 19 heavy (non-hydrogen) atoms. The summed E-state index contributed by atoms with van der Waals surface area (Å²) in [6.45, 7) is 8.19. The molecule has 1 atom stereocenters. The summed E-state index contributed by atoms with van der Waals surface area (Å²) in [5, 5.41) is 14.5. The summed E-state index contributed by atoms with van der Waals surface area (Å²) in [6, 6.07) is 3.10. The molecule has 6 heteroatoms. The van der Waals surface area contributed by atoms with Gasteiger partial charge in [-0.3, -0.25) is 4.79 Å². The summed E-state index contributed by atoms with van der Waals surface area (Å²) in [5.74, 6) is 0.581. The lowest BCUT2D eigenvalue weighted by Gasteiger charge is -2.15. The number of nitrogens with zero attached hydrogens (tertiary/aromatic N) is 3. The van der Waals surface area contributed by atoms with E-state index in [9.17, 15) is 4.79 Å². The van der Waals surface area contributed by atoms with E-state index in [0.29, 0.717) is 24.1 Å². The number of hydrogen-bond acceptors (Lipinski definition) is 5. The first-order valence-corrected chi connectivity index (χ1v) is 6.22. The molecule has 0 saturated carbocycles. The monoisotopic (exact) mass is 261 g/mol. The Morgan fingerprint density at radius 3 is 2.68 bits per heavy atom. The Balaban J connectivity index is 2.66. The molecule has 0 fully saturated rings. The Hall–Kier alpha value is -2.16. The van der Waals surface area contributed by atoms with Gasteiger partial charge in [-0.1, -0.05) is 13.8 Å². The van der Waals surface area contributed by atoms with Crippen molar-refractivity contribution in [3.05, 3.63) is 17.5 Å². The summed E-state index contributed by atoms with van der Waals surface area (Å²) in [7, 11) is 0. The van der Waals surface area contributed by atoms with Gasteiger partial charge in [0, 0.05) is 12.2 Å². The van der Waals surface area contributed by atoms with Crippen LogP contribution < -0.4 is 10.6 Å². The molecule has 0 aliphatic rings. The largest absolute Gasteiger partial charge is 0.354 e. The number of hydrogen-bond donors (Lipinski definition) is 2. The van der Waals surface area contributed by atoms with Gasteiger partial charge in [-0.25, -0.2) is 9.97 Å². The quantitative estimate of drug-likeness (QED) is 0.832. The zero-order chi connectivity index (χ0) is 14.4. The van der Waals surface area contributed by atoms with Crippen molar-refractivity contribution < 1.29 is 4.79 Å². The molecule has 0 spiro atoms. The van der Waals surface area contributed by atoms with Crippen molar-refractivity contribution in [3.8, 4) is 6.07 Å². The van der Waals surface area contributed by atoms with E-state index in [-0.39, 0.29) is 11.6 Å². The van der Waals surface area contributed by atoms with Crippen LogP contribution in [0.1, 0.15) is 32.2 Å². The maximum Gasteiger partial charge on any atom is 0.242 e. The van der Waals surface area contributed by atoms with Gasteiger partial charge in [-0.05, 0) is 25.8 Å². The molecule has 0 saturated heterocycles. The number of aromatic nitrogens is 2. The van der Waals surface area contributed by atoms with Crippen molar-refractivity contribution >= 4 is 11.9 Å². The fraction of sp³-hybridized carbons (Fsp3) is 0.538. The molecule has 1 amide bonds. The van der Waals surface area contributed by atoms with Crippen LogP contribution in [0.3, 0.4) is 0 Å². The van der Waals surface area contributed by atoms with Crippen molar-refractivity contribution in [2.24, 2.45) is 5.92 Å². The van der Waals surface area contributed by atoms with Gasteiger partial charge in [0.05, 0.1) is 0 Å². The van der Waals surface area contributed by atoms with E-state index >= 15 is 0 Å². The number of anilines is 1. The maximum absolute atomic E-state index is 11.8. The van der Waals surface area contributed by atoms with Gasteiger partial charge < -0.3 is 10.6 Å². The minimum Gasteiger partial charge on any atom is -0.354 e. The number of nitriles is 1. The zero-order valence-corrected chi connectivity index (χ0v) is 11.7. The molecule has 1 unspecified atom stereocenters. The number of nitrogens with one attached hydrogen (secondary N) is 2. The van der Waals surface area contributed by atoms with E-state index in [1.807, 2.05) is 19.9 Å². The summed E-state index contributed by atoms with van der Waals surface area (Å²) in [4.78, 5) is 19.9. The van der Waals surface area contributed by atoms with Gasteiger partial charge >= 0.3 is 0 Å². The van der Waals surface area contributed by atoms with E-state index in [1.54, 1.807) is 19.9 Å². The number of carbonyl (C=O) groups excluding carboxylic acids is 1. The predicted molar refractivity (Wildman–Crippen MR) is 72.4 cm³/mol. The molecule has 0 aliphatic heterocycles. The van der Waals surface area contributed by atoms with Crippen molar-refractivity contribution in [1.29, 1.82) is 5.26 Å². The highest BCUT2D eigenvalue weighted by Crippen LogP contribution is 2.05. The summed E-state index contributed by atoms with van der Waals surface area (Å²) in [6.07, 6.45) is 0. The lowest BCUT2D eigenvalue weighted by atomic mass is 10.2. The van der Waals surface area contributed by atoms with Crippen LogP contribution in [0.25, 0.3) is 0 Å². The fourth-order valence-electron chi connectivity index (χ4n) is 1.41. The van der Waals surface area contributed by atoms with E-state index in [2.05, 4.69) is 20.6 Å². The van der Waals surface area contributed by atoms with Crippen LogP contribution in [0.4, 0.5) is 5.95 Å². The van der Waals surface area contributed by atoms with Gasteiger partial charge in [0.1, 0.15) is 17.8 Å². The van der Waals surface area contributed by atoms with Crippen LogP contribution in [0, 0.1) is 24.2 Å². The Morgan fingerprint density at radius 2 is 2.11 bits per heavy atom. The van der Waals surface area contributed by atoms with E-state index < -0.39 is 6.04 Å². The minimum atomic E-state index is -0.452. The van der Waals surface area contributed by atoms with Crippen molar-refractivity contribution in [1.82, 2.24) is 15.3 Å². The first-order chi connectivity index (χ1) is 8.92. The molecular formula is C13H19N5O. The second-order valence-corrected chi connectivity index (χ2v) is 4.84. The smallest absolute Gasteiger partial charge is 0.242 e. The van der Waals surface area contributed by atoms with Crippen molar-refractivity contribution in [3.63, 3.8) is 0 Å². The highest BCUT2D eigenvalue weighted by Gasteiger charge is 2.14. The van der Waals surface area contributed by atoms with Crippen LogP contribution >= 0.6 is 0 Å². The Labute approximate surface area is 113 Å². The summed E-state index contributed by atoms with van der Waals surface area (Å²) < 4.78 is 0. The topological polar surface area (TPSA) is 90.7 Å². The van der Waals surface area contributed by atoms with Crippen LogP contribution in [0.5, 0.6) is 0 Å². The molecule has 102 valence electrons. The molecule has 1 aromatic heterocycles. The van der Waals surface area contributed by atoms with Crippen molar-refractivity contribution in [2.45, 2.75) is 33.7 Å². The maximum atomic E-state index is 11.8. The fourth-order valence-corrected chi connectivity index (χ4v) is 1.41. The highest BCUT2D eigenvalue weighted by molar-refractivity contribution is 5.83. The second-order valence-electron chi connectivity index (χ2n) is 4.84. The van der Waals surface area contributed by atoms with E-state index in [0.717, 1.165) is 0 Å². The molecule has 6 nitrogen and oxygen atoms in total. The summed E-state index contributed by atoms with van der Waals surface area (Å²) >= 11 is 0. The highest BCUT2D eigenvalue weighted by atomic mass is 16.2. The molecule has 2 N–H and O–H groups in total. The van der Waals surface area contributed by atoms with Crippen LogP contribution in [-0.2, 0) is 4.79 Å². The molecular weight excluding hydrogens is 242 g/mol. The molecule has 1 rings (SSSR count). The third kappa shape index (κ3) is 4.92. The van der Waals surface area contributed by atoms with Crippen LogP contribution in [-0.4, -0.2) is 28.5 Å². The normalized spacial score (nSPS) is 11.8. The molecule has 0 bridgehead atoms. The second kappa shape index (κ2) is 6.69. The average molecular weight is 261 g/mol. The Bertz CT molecular complexity index is 492. The number of rotatable bonds is 5. The molecule has 0 aromatic carbocycles. The van der Waals surface area contributed by atoms with Gasteiger partial charge in [0.25, 0.3) is 0 Å². The minimum absolute atomic E-state index is 0.114. The predicted octanol–water partition coefficient (Wildman–Crippen LogP) is 1.23. The van der Waals surface area contributed by atoms with Gasteiger partial charge in [0.15, 0.2) is 0 Å². The lowest BCUT2D eigenvalue weighted by Crippen LogP contribution is -2.39. The van der Waals surface area contributed by atoms with Crippen molar-refractivity contribution in [2.75, 3.05) is 11.9 Å². The van der Waals surface area contributed by atoms with Gasteiger partial charge in [-0.15, -0.1) is 0 Å². The average Bonchev–Trinajstić information content (AvgIpc) is 2.34.